The largest absolute Gasteiger partial charge is 0.334 e. The normalized spacial score (nSPS) is 19.5. The minimum Gasteiger partial charge on any atom is -0.334 e. The fraction of sp³-hybridized carbons (Fsp3) is 0.500. The Bertz CT molecular complexity index is 636. The first kappa shape index (κ1) is 13.1. The third-order valence-corrected chi connectivity index (χ3v) is 4.01. The lowest BCUT2D eigenvalue weighted by atomic mass is 10.0. The number of pyridine rings is 1. The van der Waals surface area contributed by atoms with Crippen LogP contribution in [-0.4, -0.2) is 45.1 Å². The molecule has 3 N–H and O–H groups in total. The van der Waals surface area contributed by atoms with Crippen molar-refractivity contribution in [1.82, 2.24) is 20.1 Å². The molecule has 1 unspecified atom stereocenters. The third-order valence-electron chi connectivity index (χ3n) is 4.01. The van der Waals surface area contributed by atoms with Crippen molar-refractivity contribution in [3.63, 3.8) is 0 Å². The van der Waals surface area contributed by atoms with Crippen LogP contribution in [0.15, 0.2) is 12.3 Å². The van der Waals surface area contributed by atoms with Gasteiger partial charge in [0.2, 0.25) is 0 Å². The first-order chi connectivity index (χ1) is 9.70. The molecule has 1 aliphatic rings. The SMILES string of the molecule is Cc1[nH]nc2ncc(C(=O)N3CCCCC3CN)cc12. The first-order valence-corrected chi connectivity index (χ1v) is 7.02. The molecule has 6 nitrogen and oxygen atoms in total. The molecular weight excluding hydrogens is 254 g/mol. The molecule has 1 aliphatic heterocycles. The molecule has 0 spiro atoms. The highest BCUT2D eigenvalue weighted by Crippen LogP contribution is 2.21. The second-order valence-corrected chi connectivity index (χ2v) is 5.33. The van der Waals surface area contributed by atoms with E-state index in [1.807, 2.05) is 17.9 Å². The highest BCUT2D eigenvalue weighted by atomic mass is 16.2. The summed E-state index contributed by atoms with van der Waals surface area (Å²) >= 11 is 0. The van der Waals surface area contributed by atoms with Crippen molar-refractivity contribution in [3.05, 3.63) is 23.5 Å². The lowest BCUT2D eigenvalue weighted by molar-refractivity contribution is 0.0623. The molecule has 2 aromatic rings. The molecule has 20 heavy (non-hydrogen) atoms. The molecule has 6 heteroatoms. The number of hydrogen-bond acceptors (Lipinski definition) is 4. The molecule has 1 fully saturated rings. The number of nitrogens with one attached hydrogen (secondary N) is 1. The standard InChI is InChI=1S/C14H19N5O/c1-9-12-6-10(8-16-13(12)18-17-9)14(20)19-5-3-2-4-11(19)7-15/h6,8,11H,2-5,7,15H2,1H3,(H,16,17,18). The highest BCUT2D eigenvalue weighted by Gasteiger charge is 2.26. The Kier molecular flexibility index (Phi) is 3.40. The summed E-state index contributed by atoms with van der Waals surface area (Å²) in [5.41, 5.74) is 7.97. The van der Waals surface area contributed by atoms with Gasteiger partial charge in [0, 0.05) is 36.4 Å². The van der Waals surface area contributed by atoms with Crippen LogP contribution in [0.3, 0.4) is 0 Å². The van der Waals surface area contributed by atoms with Gasteiger partial charge >= 0.3 is 0 Å². The molecule has 0 saturated carbocycles. The van der Waals surface area contributed by atoms with Crippen LogP contribution in [0.2, 0.25) is 0 Å². The summed E-state index contributed by atoms with van der Waals surface area (Å²) in [6.07, 6.45) is 4.78. The van der Waals surface area contributed by atoms with Crippen molar-refractivity contribution in [2.75, 3.05) is 13.1 Å². The Hall–Kier alpha value is -1.95. The first-order valence-electron chi connectivity index (χ1n) is 7.02. The summed E-state index contributed by atoms with van der Waals surface area (Å²) in [5.74, 6) is 0.0233. The second-order valence-electron chi connectivity index (χ2n) is 5.33. The van der Waals surface area contributed by atoms with Gasteiger partial charge in [0.15, 0.2) is 5.65 Å². The van der Waals surface area contributed by atoms with E-state index in [-0.39, 0.29) is 11.9 Å². The van der Waals surface area contributed by atoms with Crippen LogP contribution in [0.25, 0.3) is 11.0 Å². The number of amides is 1. The molecule has 0 bridgehead atoms. The van der Waals surface area contributed by atoms with Crippen LogP contribution < -0.4 is 5.73 Å². The van der Waals surface area contributed by atoms with E-state index in [9.17, 15) is 4.79 Å². The fourth-order valence-electron chi connectivity index (χ4n) is 2.82. The monoisotopic (exact) mass is 273 g/mol. The van der Waals surface area contributed by atoms with Crippen molar-refractivity contribution >= 4 is 16.9 Å². The summed E-state index contributed by atoms with van der Waals surface area (Å²) in [6, 6.07) is 2.02. The Labute approximate surface area is 117 Å². The van der Waals surface area contributed by atoms with E-state index >= 15 is 0 Å². The fourth-order valence-corrected chi connectivity index (χ4v) is 2.82. The van der Waals surface area contributed by atoms with Crippen molar-refractivity contribution in [2.45, 2.75) is 32.2 Å². The van der Waals surface area contributed by atoms with Crippen LogP contribution in [0.1, 0.15) is 35.3 Å². The van der Waals surface area contributed by atoms with E-state index in [0.29, 0.717) is 17.8 Å². The number of carbonyl (C=O) groups excluding carboxylic acids is 1. The van der Waals surface area contributed by atoms with Gasteiger partial charge in [0.05, 0.1) is 5.56 Å². The maximum atomic E-state index is 12.6. The van der Waals surface area contributed by atoms with Gasteiger partial charge in [-0.25, -0.2) is 4.98 Å². The summed E-state index contributed by atoms with van der Waals surface area (Å²) in [4.78, 5) is 18.8. The Balaban J connectivity index is 1.92. The maximum absolute atomic E-state index is 12.6. The number of aromatic nitrogens is 3. The zero-order chi connectivity index (χ0) is 14.1. The predicted octanol–water partition coefficient (Wildman–Crippen LogP) is 1.22. The molecule has 106 valence electrons. The minimum atomic E-state index is 0.0233. The number of hydrogen-bond donors (Lipinski definition) is 2. The molecule has 2 aromatic heterocycles. The van der Waals surface area contributed by atoms with Gasteiger partial charge in [0.1, 0.15) is 0 Å². The average molecular weight is 273 g/mol. The second kappa shape index (κ2) is 5.20. The molecule has 1 saturated heterocycles. The van der Waals surface area contributed by atoms with Gasteiger partial charge in [-0.3, -0.25) is 9.89 Å². The zero-order valence-corrected chi connectivity index (χ0v) is 11.6. The van der Waals surface area contributed by atoms with E-state index in [1.54, 1.807) is 6.20 Å². The number of aryl methyl sites for hydroxylation is 1. The van der Waals surface area contributed by atoms with Crippen molar-refractivity contribution in [2.24, 2.45) is 5.73 Å². The molecule has 3 rings (SSSR count). The molecule has 1 atom stereocenters. The van der Waals surface area contributed by atoms with Crippen molar-refractivity contribution in [3.8, 4) is 0 Å². The van der Waals surface area contributed by atoms with Crippen LogP contribution in [0.5, 0.6) is 0 Å². The molecule has 1 amide bonds. The molecule has 0 aromatic carbocycles. The highest BCUT2D eigenvalue weighted by molar-refractivity contribution is 5.97. The number of nitrogens with two attached hydrogens (primary N) is 1. The smallest absolute Gasteiger partial charge is 0.255 e. The molecule has 3 heterocycles. The Morgan fingerprint density at radius 1 is 1.55 bits per heavy atom. The van der Waals surface area contributed by atoms with Crippen LogP contribution >= 0.6 is 0 Å². The number of likely N-dealkylation sites (tertiary alicyclic amines) is 1. The van der Waals surface area contributed by atoms with Crippen molar-refractivity contribution < 1.29 is 4.79 Å². The van der Waals surface area contributed by atoms with E-state index < -0.39 is 0 Å². The van der Waals surface area contributed by atoms with E-state index in [4.69, 9.17) is 5.73 Å². The summed E-state index contributed by atoms with van der Waals surface area (Å²) < 4.78 is 0. The number of carbonyl (C=O) groups is 1. The van der Waals surface area contributed by atoms with Gasteiger partial charge in [0.25, 0.3) is 5.91 Å². The van der Waals surface area contributed by atoms with Crippen LogP contribution in [0, 0.1) is 6.92 Å². The number of nitrogens with zero attached hydrogens (tertiary/aromatic N) is 3. The van der Waals surface area contributed by atoms with Crippen LogP contribution in [0.4, 0.5) is 0 Å². The lowest BCUT2D eigenvalue weighted by Crippen LogP contribution is -2.47. The number of fused-ring (bicyclic) bond motifs is 1. The number of rotatable bonds is 2. The van der Waals surface area contributed by atoms with Gasteiger partial charge in [-0.15, -0.1) is 0 Å². The van der Waals surface area contributed by atoms with Gasteiger partial charge < -0.3 is 10.6 Å². The molecule has 0 aliphatic carbocycles. The third kappa shape index (κ3) is 2.16. The number of piperidine rings is 1. The molecular formula is C14H19N5O. The zero-order valence-electron chi connectivity index (χ0n) is 11.6. The number of H-pyrrole nitrogens is 1. The maximum Gasteiger partial charge on any atom is 0.255 e. The summed E-state index contributed by atoms with van der Waals surface area (Å²) in [7, 11) is 0. The lowest BCUT2D eigenvalue weighted by Gasteiger charge is -2.35. The van der Waals surface area contributed by atoms with Gasteiger partial charge in [-0.1, -0.05) is 0 Å². The summed E-state index contributed by atoms with van der Waals surface area (Å²) in [5, 5.41) is 7.87. The topological polar surface area (TPSA) is 87.9 Å². The number of aromatic amines is 1. The Morgan fingerprint density at radius 3 is 3.20 bits per heavy atom. The van der Waals surface area contributed by atoms with Gasteiger partial charge in [-0.05, 0) is 32.3 Å². The summed E-state index contributed by atoms with van der Waals surface area (Å²) in [6.45, 7) is 3.23. The van der Waals surface area contributed by atoms with Crippen molar-refractivity contribution in [1.29, 1.82) is 0 Å². The molecule has 0 radical (unpaired) electrons. The van der Waals surface area contributed by atoms with Gasteiger partial charge in [-0.2, -0.15) is 5.10 Å². The minimum absolute atomic E-state index is 0.0233. The van der Waals surface area contributed by atoms with E-state index in [2.05, 4.69) is 15.2 Å². The van der Waals surface area contributed by atoms with Crippen LogP contribution in [-0.2, 0) is 0 Å². The van der Waals surface area contributed by atoms with E-state index in [0.717, 1.165) is 36.9 Å². The van der Waals surface area contributed by atoms with E-state index in [1.165, 1.54) is 0 Å². The Morgan fingerprint density at radius 2 is 2.40 bits per heavy atom. The average Bonchev–Trinajstić information content (AvgIpc) is 2.87. The quantitative estimate of drug-likeness (QED) is 0.861. The predicted molar refractivity (Wildman–Crippen MR) is 76.4 cm³/mol.